The Kier molecular flexibility index (Phi) is 5.88. The van der Waals surface area contributed by atoms with E-state index in [2.05, 4.69) is 51.4 Å². The van der Waals surface area contributed by atoms with Crippen molar-refractivity contribution >= 4 is 5.96 Å². The molecule has 2 atom stereocenters. The topological polar surface area (TPSA) is 70.4 Å². The minimum absolute atomic E-state index is 0.417. The maximum absolute atomic E-state index is 4.39. The van der Waals surface area contributed by atoms with Crippen LogP contribution in [0.15, 0.2) is 41.8 Å². The number of hydrogen-bond acceptors (Lipinski definition) is 4. The molecule has 3 heterocycles. The fourth-order valence-corrected chi connectivity index (χ4v) is 3.27. The molecule has 0 radical (unpaired) electrons. The van der Waals surface area contributed by atoms with Crippen LogP contribution in [0.2, 0.25) is 0 Å². The van der Waals surface area contributed by atoms with Gasteiger partial charge < -0.3 is 10.6 Å². The molecular formula is C19H29N7. The summed E-state index contributed by atoms with van der Waals surface area (Å²) in [7, 11) is 1.82. The maximum atomic E-state index is 4.39. The van der Waals surface area contributed by atoms with E-state index in [0.717, 1.165) is 30.4 Å². The minimum atomic E-state index is 0.417. The van der Waals surface area contributed by atoms with E-state index in [9.17, 15) is 0 Å². The molecule has 0 aliphatic carbocycles. The third-order valence-corrected chi connectivity index (χ3v) is 4.93. The molecule has 1 fully saturated rings. The van der Waals surface area contributed by atoms with E-state index in [-0.39, 0.29) is 0 Å². The third kappa shape index (κ3) is 4.40. The molecule has 0 aromatic carbocycles. The van der Waals surface area contributed by atoms with Crippen LogP contribution in [0.3, 0.4) is 0 Å². The Hall–Kier alpha value is -2.41. The lowest BCUT2D eigenvalue weighted by atomic mass is 10.1. The smallest absolute Gasteiger partial charge is 0.191 e. The van der Waals surface area contributed by atoms with Crippen LogP contribution < -0.4 is 10.6 Å². The molecule has 3 rings (SSSR count). The standard InChI is InChI=1S/C19H29N7/c1-14(2)25-12-15(3)17(13-25)24-19(20-4)22-11-16-6-8-21-18(10-16)26-9-5-7-23-26/h5-10,14-15,17H,11-13H2,1-4H3,(H2,20,22,24). The van der Waals surface area contributed by atoms with Crippen molar-refractivity contribution in [3.8, 4) is 5.82 Å². The van der Waals surface area contributed by atoms with Gasteiger partial charge in [0.25, 0.3) is 0 Å². The Bertz CT molecular complexity index is 723. The lowest BCUT2D eigenvalue weighted by Gasteiger charge is -2.22. The van der Waals surface area contributed by atoms with Crippen molar-refractivity contribution in [2.24, 2.45) is 10.9 Å². The summed E-state index contributed by atoms with van der Waals surface area (Å²) in [5.74, 6) is 2.25. The maximum Gasteiger partial charge on any atom is 0.191 e. The average molecular weight is 355 g/mol. The summed E-state index contributed by atoms with van der Waals surface area (Å²) in [6, 6.07) is 6.93. The summed E-state index contributed by atoms with van der Waals surface area (Å²) in [4.78, 5) is 11.3. The molecule has 2 aromatic rings. The van der Waals surface area contributed by atoms with E-state index in [0.29, 0.717) is 24.5 Å². The van der Waals surface area contributed by atoms with Gasteiger partial charge >= 0.3 is 0 Å². The summed E-state index contributed by atoms with van der Waals surface area (Å²) in [6.07, 6.45) is 5.45. The number of nitrogens with zero attached hydrogens (tertiary/aromatic N) is 5. The summed E-state index contributed by atoms with van der Waals surface area (Å²) in [6.45, 7) is 9.67. The van der Waals surface area contributed by atoms with Crippen LogP contribution in [-0.2, 0) is 6.54 Å². The Morgan fingerprint density at radius 3 is 2.85 bits per heavy atom. The molecule has 0 amide bonds. The van der Waals surface area contributed by atoms with E-state index in [4.69, 9.17) is 0 Å². The van der Waals surface area contributed by atoms with Crippen molar-refractivity contribution in [2.45, 2.75) is 39.4 Å². The predicted molar refractivity (Wildman–Crippen MR) is 104 cm³/mol. The van der Waals surface area contributed by atoms with Crippen LogP contribution in [0.4, 0.5) is 0 Å². The SMILES string of the molecule is CN=C(NCc1ccnc(-n2cccn2)c1)NC1CN(C(C)C)CC1C. The molecule has 2 aromatic heterocycles. The predicted octanol–water partition coefficient (Wildman–Crippen LogP) is 1.66. The molecule has 2 N–H and O–H groups in total. The van der Waals surface area contributed by atoms with Gasteiger partial charge in [-0.2, -0.15) is 5.10 Å². The van der Waals surface area contributed by atoms with Gasteiger partial charge in [-0.15, -0.1) is 0 Å². The van der Waals surface area contributed by atoms with Gasteiger partial charge in [0.1, 0.15) is 0 Å². The van der Waals surface area contributed by atoms with Crippen molar-refractivity contribution in [1.82, 2.24) is 30.3 Å². The molecule has 140 valence electrons. The molecule has 1 saturated heterocycles. The molecule has 7 nitrogen and oxygen atoms in total. The van der Waals surface area contributed by atoms with Crippen LogP contribution in [0.5, 0.6) is 0 Å². The van der Waals surface area contributed by atoms with Crippen molar-refractivity contribution in [1.29, 1.82) is 0 Å². The number of aliphatic imine (C=N–C) groups is 1. The number of rotatable bonds is 5. The zero-order valence-corrected chi connectivity index (χ0v) is 16.1. The summed E-state index contributed by atoms with van der Waals surface area (Å²) >= 11 is 0. The second kappa shape index (κ2) is 8.31. The first-order chi connectivity index (χ1) is 12.6. The fourth-order valence-electron chi connectivity index (χ4n) is 3.27. The minimum Gasteiger partial charge on any atom is -0.352 e. The van der Waals surface area contributed by atoms with Gasteiger partial charge in [0.15, 0.2) is 11.8 Å². The van der Waals surface area contributed by atoms with Crippen LogP contribution in [0.1, 0.15) is 26.3 Å². The number of aromatic nitrogens is 3. The highest BCUT2D eigenvalue weighted by atomic mass is 15.3. The summed E-state index contributed by atoms with van der Waals surface area (Å²) in [5.41, 5.74) is 1.14. The monoisotopic (exact) mass is 355 g/mol. The van der Waals surface area contributed by atoms with Crippen LogP contribution in [-0.4, -0.2) is 57.8 Å². The zero-order chi connectivity index (χ0) is 18.5. The lowest BCUT2D eigenvalue weighted by molar-refractivity contribution is 0.265. The number of guanidine groups is 1. The first kappa shape index (κ1) is 18.4. The van der Waals surface area contributed by atoms with Crippen molar-refractivity contribution in [3.63, 3.8) is 0 Å². The van der Waals surface area contributed by atoms with Crippen molar-refractivity contribution in [2.75, 3.05) is 20.1 Å². The quantitative estimate of drug-likeness (QED) is 0.631. The highest BCUT2D eigenvalue weighted by Gasteiger charge is 2.31. The largest absolute Gasteiger partial charge is 0.352 e. The van der Waals surface area contributed by atoms with Gasteiger partial charge in [-0.25, -0.2) is 9.67 Å². The molecule has 2 unspecified atom stereocenters. The Morgan fingerprint density at radius 1 is 1.35 bits per heavy atom. The summed E-state index contributed by atoms with van der Waals surface area (Å²) < 4.78 is 1.76. The van der Waals surface area contributed by atoms with Crippen LogP contribution >= 0.6 is 0 Å². The normalized spacial score (nSPS) is 21.3. The van der Waals surface area contributed by atoms with Crippen molar-refractivity contribution in [3.05, 3.63) is 42.4 Å². The van der Waals surface area contributed by atoms with Crippen molar-refractivity contribution < 1.29 is 0 Å². The first-order valence-electron chi connectivity index (χ1n) is 9.23. The Morgan fingerprint density at radius 2 is 2.19 bits per heavy atom. The first-order valence-corrected chi connectivity index (χ1v) is 9.23. The second-order valence-electron chi connectivity index (χ2n) is 7.17. The average Bonchev–Trinajstić information content (AvgIpc) is 3.29. The van der Waals surface area contributed by atoms with E-state index >= 15 is 0 Å². The second-order valence-corrected chi connectivity index (χ2v) is 7.17. The number of nitrogens with one attached hydrogen (secondary N) is 2. The van der Waals surface area contributed by atoms with Crippen LogP contribution in [0, 0.1) is 5.92 Å². The molecule has 0 bridgehead atoms. The van der Waals surface area contributed by atoms with Gasteiger partial charge in [-0.3, -0.25) is 9.89 Å². The van der Waals surface area contributed by atoms with E-state index < -0.39 is 0 Å². The molecule has 26 heavy (non-hydrogen) atoms. The molecular weight excluding hydrogens is 326 g/mol. The number of likely N-dealkylation sites (tertiary alicyclic amines) is 1. The van der Waals surface area contributed by atoms with E-state index in [1.165, 1.54) is 0 Å². The highest BCUT2D eigenvalue weighted by molar-refractivity contribution is 5.80. The fraction of sp³-hybridized carbons (Fsp3) is 0.526. The van der Waals surface area contributed by atoms with Gasteiger partial charge in [0.2, 0.25) is 0 Å². The Labute approximate surface area is 155 Å². The van der Waals surface area contributed by atoms with E-state index in [1.807, 2.05) is 37.6 Å². The molecule has 7 heteroatoms. The third-order valence-electron chi connectivity index (χ3n) is 4.93. The summed E-state index contributed by atoms with van der Waals surface area (Å²) in [5, 5.41) is 11.2. The van der Waals surface area contributed by atoms with Gasteiger partial charge in [0.05, 0.1) is 0 Å². The molecule has 0 spiro atoms. The molecule has 1 aliphatic heterocycles. The number of hydrogen-bond donors (Lipinski definition) is 2. The van der Waals surface area contributed by atoms with Gasteiger partial charge in [0, 0.05) is 57.4 Å². The Balaban J connectivity index is 1.57. The van der Waals surface area contributed by atoms with E-state index in [1.54, 1.807) is 10.9 Å². The molecule has 1 aliphatic rings. The van der Waals surface area contributed by atoms with Gasteiger partial charge in [-0.1, -0.05) is 6.92 Å². The van der Waals surface area contributed by atoms with Gasteiger partial charge in [-0.05, 0) is 43.5 Å². The zero-order valence-electron chi connectivity index (χ0n) is 16.1. The lowest BCUT2D eigenvalue weighted by Crippen LogP contribution is -2.46. The molecule has 0 saturated carbocycles. The highest BCUT2D eigenvalue weighted by Crippen LogP contribution is 2.18. The number of pyridine rings is 1. The van der Waals surface area contributed by atoms with Crippen LogP contribution in [0.25, 0.3) is 5.82 Å².